The van der Waals surface area contributed by atoms with Crippen molar-refractivity contribution >= 4 is 34.0 Å². The van der Waals surface area contributed by atoms with Crippen molar-refractivity contribution in [2.45, 2.75) is 6.92 Å². The molecule has 196 valence electrons. The second-order valence-corrected chi connectivity index (χ2v) is 8.41. The number of hydrogen-bond donors (Lipinski definition) is 3. The van der Waals surface area contributed by atoms with Gasteiger partial charge in [0.15, 0.2) is 5.78 Å². The van der Waals surface area contributed by atoms with Crippen molar-refractivity contribution in [2.75, 3.05) is 46.4 Å². The lowest BCUT2D eigenvalue weighted by Crippen LogP contribution is -2.14. The zero-order chi connectivity index (χ0) is 26.8. The Hall–Kier alpha value is -3.88. The van der Waals surface area contributed by atoms with Crippen molar-refractivity contribution in [3.05, 3.63) is 76.9 Å². The van der Waals surface area contributed by atoms with Crippen molar-refractivity contribution in [1.82, 2.24) is 4.98 Å². The highest BCUT2D eigenvalue weighted by Crippen LogP contribution is 2.28. The van der Waals surface area contributed by atoms with Crippen molar-refractivity contribution < 1.29 is 28.8 Å². The van der Waals surface area contributed by atoms with E-state index in [1.165, 1.54) is 0 Å². The van der Waals surface area contributed by atoms with E-state index in [9.17, 15) is 4.79 Å². The fourth-order valence-electron chi connectivity index (χ4n) is 3.62. The molecule has 3 N–H and O–H groups in total. The van der Waals surface area contributed by atoms with Gasteiger partial charge in [-0.05, 0) is 36.8 Å². The van der Waals surface area contributed by atoms with Crippen LogP contribution in [0.25, 0.3) is 10.9 Å². The molecule has 0 aliphatic carbocycles. The molecule has 8 nitrogen and oxygen atoms in total. The lowest BCUT2D eigenvalue weighted by molar-refractivity contribution is 0.101. The number of carbonyl (C=O) groups is 1. The van der Waals surface area contributed by atoms with E-state index in [0.717, 1.165) is 28.0 Å². The molecular formula is C28H31ClN2O6. The second-order valence-electron chi connectivity index (χ2n) is 7.98. The normalized spacial score (nSPS) is 10.3. The van der Waals surface area contributed by atoms with E-state index in [0.29, 0.717) is 27.8 Å². The Morgan fingerprint density at radius 3 is 2.38 bits per heavy atom. The monoisotopic (exact) mass is 526 g/mol. The number of aromatic amines is 1. The molecule has 0 saturated carbocycles. The van der Waals surface area contributed by atoms with E-state index in [4.69, 9.17) is 35.7 Å². The number of aryl methyl sites for hydroxylation is 1. The lowest BCUT2D eigenvalue weighted by Gasteiger charge is -2.11. The lowest BCUT2D eigenvalue weighted by atomic mass is 10.1. The van der Waals surface area contributed by atoms with E-state index in [-0.39, 0.29) is 25.5 Å². The summed E-state index contributed by atoms with van der Waals surface area (Å²) in [6.07, 6.45) is 1.72. The number of benzene rings is 3. The minimum absolute atomic E-state index is 0.0449. The fraction of sp³-hybridized carbons (Fsp3) is 0.250. The topological polar surface area (TPSA) is 102 Å². The van der Waals surface area contributed by atoms with Crippen LogP contribution >= 0.6 is 11.6 Å². The minimum Gasteiger partial charge on any atom is -0.497 e. The van der Waals surface area contributed by atoms with Crippen LogP contribution < -0.4 is 24.3 Å². The largest absolute Gasteiger partial charge is 0.497 e. The number of H-pyrrole nitrogens is 1. The molecule has 0 unspecified atom stereocenters. The Morgan fingerprint density at radius 1 is 0.973 bits per heavy atom. The summed E-state index contributed by atoms with van der Waals surface area (Å²) in [6.45, 7) is 2.17. The molecule has 37 heavy (non-hydrogen) atoms. The Balaban J connectivity index is 0.000000356. The van der Waals surface area contributed by atoms with E-state index in [1.54, 1.807) is 51.8 Å². The van der Waals surface area contributed by atoms with E-state index in [2.05, 4.69) is 10.3 Å². The van der Waals surface area contributed by atoms with Crippen LogP contribution in [-0.4, -0.2) is 57.0 Å². The number of anilines is 1. The summed E-state index contributed by atoms with van der Waals surface area (Å²) in [6, 6.07) is 16.4. The Morgan fingerprint density at radius 2 is 1.73 bits per heavy atom. The third-order valence-corrected chi connectivity index (χ3v) is 5.69. The van der Waals surface area contributed by atoms with Crippen LogP contribution in [0.3, 0.4) is 0 Å². The molecule has 0 saturated heterocycles. The number of aromatic nitrogens is 1. The fourth-order valence-corrected chi connectivity index (χ4v) is 3.80. The third-order valence-electron chi connectivity index (χ3n) is 5.46. The van der Waals surface area contributed by atoms with Gasteiger partial charge in [-0.3, -0.25) is 4.79 Å². The highest BCUT2D eigenvalue weighted by atomic mass is 35.5. The van der Waals surface area contributed by atoms with Crippen molar-refractivity contribution in [1.29, 1.82) is 0 Å². The predicted molar refractivity (Wildman–Crippen MR) is 146 cm³/mol. The van der Waals surface area contributed by atoms with Gasteiger partial charge in [-0.1, -0.05) is 17.7 Å². The maximum Gasteiger partial charge on any atom is 0.183 e. The molecule has 0 radical (unpaired) electrons. The molecule has 0 aliphatic heterocycles. The van der Waals surface area contributed by atoms with Gasteiger partial charge >= 0.3 is 0 Å². The molecule has 0 atom stereocenters. The van der Waals surface area contributed by atoms with Crippen LogP contribution in [-0.2, 0) is 0 Å². The SMILES string of the molecule is COc1cc(NCC(=O)c2c[nH]c3cc(OC)c(C)cc23)cc(OCCO)c1.COc1cccc(Cl)c1. The summed E-state index contributed by atoms with van der Waals surface area (Å²) in [5.41, 5.74) is 3.13. The van der Waals surface area contributed by atoms with Gasteiger partial charge < -0.3 is 34.4 Å². The van der Waals surface area contributed by atoms with Crippen LogP contribution in [0.15, 0.2) is 60.8 Å². The van der Waals surface area contributed by atoms with E-state index in [1.807, 2.05) is 37.3 Å². The smallest absolute Gasteiger partial charge is 0.183 e. The number of aliphatic hydroxyl groups excluding tert-OH is 1. The molecule has 9 heteroatoms. The van der Waals surface area contributed by atoms with Gasteiger partial charge in [-0.2, -0.15) is 0 Å². The van der Waals surface area contributed by atoms with Gasteiger partial charge in [-0.15, -0.1) is 0 Å². The van der Waals surface area contributed by atoms with Crippen LogP contribution in [0, 0.1) is 6.92 Å². The maximum atomic E-state index is 12.8. The number of hydrogen-bond acceptors (Lipinski definition) is 7. The van der Waals surface area contributed by atoms with Crippen LogP contribution in [0.5, 0.6) is 23.0 Å². The molecule has 1 heterocycles. The molecule has 0 aliphatic rings. The molecule has 3 aromatic carbocycles. The number of fused-ring (bicyclic) bond motifs is 1. The highest BCUT2D eigenvalue weighted by Gasteiger charge is 2.14. The number of aliphatic hydroxyl groups is 1. The number of carbonyl (C=O) groups excluding carboxylic acids is 1. The zero-order valence-corrected chi connectivity index (χ0v) is 22.0. The van der Waals surface area contributed by atoms with Crippen molar-refractivity contribution in [2.24, 2.45) is 0 Å². The van der Waals surface area contributed by atoms with Gasteiger partial charge in [0.1, 0.15) is 29.6 Å². The number of halogens is 1. The minimum atomic E-state index is -0.0801. The first kappa shape index (κ1) is 27.7. The highest BCUT2D eigenvalue weighted by molar-refractivity contribution is 6.30. The van der Waals surface area contributed by atoms with Gasteiger partial charge in [0.2, 0.25) is 0 Å². The number of nitrogens with one attached hydrogen (secondary N) is 2. The van der Waals surface area contributed by atoms with E-state index >= 15 is 0 Å². The standard InChI is InChI=1S/C21H24N2O5.C7H7ClO/c1-13-6-17-18(11-23-19(17)10-21(13)27-3)20(25)12-22-14-7-15(26-2)9-16(8-14)28-5-4-24;1-9-7-4-2-3-6(8)5-7/h6-11,22-24H,4-5,12H2,1-3H3;2-5H,1H3. The van der Waals surface area contributed by atoms with Crippen LogP contribution in [0.1, 0.15) is 15.9 Å². The average molecular weight is 527 g/mol. The molecule has 0 fully saturated rings. The van der Waals surface area contributed by atoms with Gasteiger partial charge in [-0.25, -0.2) is 0 Å². The molecule has 4 aromatic rings. The van der Waals surface area contributed by atoms with E-state index < -0.39 is 0 Å². The zero-order valence-electron chi connectivity index (χ0n) is 21.3. The summed E-state index contributed by atoms with van der Waals surface area (Å²) in [4.78, 5) is 15.9. The average Bonchev–Trinajstić information content (AvgIpc) is 3.32. The molecule has 0 amide bonds. The quantitative estimate of drug-likeness (QED) is 0.234. The van der Waals surface area contributed by atoms with Crippen LogP contribution in [0.2, 0.25) is 5.02 Å². The molecule has 4 rings (SSSR count). The number of ketones is 1. The first-order valence-corrected chi connectivity index (χ1v) is 11.9. The summed E-state index contributed by atoms with van der Waals surface area (Å²) in [7, 11) is 4.80. The number of ether oxygens (including phenoxy) is 4. The second kappa shape index (κ2) is 13.4. The summed E-state index contributed by atoms with van der Waals surface area (Å²) in [5.74, 6) is 2.68. The van der Waals surface area contributed by atoms with Crippen molar-refractivity contribution in [3.8, 4) is 23.0 Å². The van der Waals surface area contributed by atoms with Gasteiger partial charge in [0, 0.05) is 57.6 Å². The Labute approximate surface area is 221 Å². The maximum absolute atomic E-state index is 12.8. The van der Waals surface area contributed by atoms with Gasteiger partial charge in [0.05, 0.1) is 34.5 Å². The third kappa shape index (κ3) is 7.55. The number of Topliss-reactive ketones (excluding diaryl/α,β-unsaturated/α-hetero) is 1. The predicted octanol–water partition coefficient (Wildman–Crippen LogP) is 5.51. The molecule has 0 spiro atoms. The Kier molecular flexibility index (Phi) is 10.1. The first-order chi connectivity index (χ1) is 17.9. The van der Waals surface area contributed by atoms with Gasteiger partial charge in [0.25, 0.3) is 0 Å². The summed E-state index contributed by atoms with van der Waals surface area (Å²) >= 11 is 5.64. The number of methoxy groups -OCH3 is 3. The molecular weight excluding hydrogens is 496 g/mol. The molecule has 1 aromatic heterocycles. The summed E-state index contributed by atoms with van der Waals surface area (Å²) < 4.78 is 20.9. The summed E-state index contributed by atoms with van der Waals surface area (Å²) in [5, 5.41) is 13.6. The Bertz CT molecular complexity index is 1340. The van der Waals surface area contributed by atoms with Crippen LogP contribution in [0.4, 0.5) is 5.69 Å². The van der Waals surface area contributed by atoms with Crippen molar-refractivity contribution in [3.63, 3.8) is 0 Å². The molecule has 0 bridgehead atoms. The first-order valence-electron chi connectivity index (χ1n) is 11.5. The number of rotatable bonds is 10.